The lowest BCUT2D eigenvalue weighted by Crippen LogP contribution is -2.48. The van der Waals surface area contributed by atoms with Crippen LogP contribution in [0.5, 0.6) is 0 Å². The molecule has 6 nitrogen and oxygen atoms in total. The van der Waals surface area contributed by atoms with Gasteiger partial charge in [-0.3, -0.25) is 9.59 Å². The van der Waals surface area contributed by atoms with Crippen LogP contribution in [0.2, 0.25) is 0 Å². The molecule has 7 heteroatoms. The van der Waals surface area contributed by atoms with Gasteiger partial charge < -0.3 is 20.4 Å². The van der Waals surface area contributed by atoms with Crippen molar-refractivity contribution >= 4 is 35.6 Å². The Morgan fingerprint density at radius 2 is 1.60 bits per heavy atom. The van der Waals surface area contributed by atoms with Crippen LogP contribution in [0.3, 0.4) is 0 Å². The van der Waals surface area contributed by atoms with Gasteiger partial charge in [-0.15, -0.1) is 12.4 Å². The highest BCUT2D eigenvalue weighted by atomic mass is 35.5. The molecule has 2 N–H and O–H groups in total. The van der Waals surface area contributed by atoms with Crippen LogP contribution < -0.4 is 10.6 Å². The van der Waals surface area contributed by atoms with E-state index in [4.69, 9.17) is 5.73 Å². The van der Waals surface area contributed by atoms with Crippen LogP contribution in [-0.2, 0) is 16.0 Å². The number of carbonyl (C=O) groups excluding carboxylic acids is 2. The van der Waals surface area contributed by atoms with E-state index < -0.39 is 0 Å². The summed E-state index contributed by atoms with van der Waals surface area (Å²) in [4.78, 5) is 32.0. The van der Waals surface area contributed by atoms with Gasteiger partial charge in [-0.25, -0.2) is 0 Å². The van der Waals surface area contributed by atoms with Gasteiger partial charge in [-0.05, 0) is 56.2 Å². The Kier molecular flexibility index (Phi) is 7.87. The van der Waals surface area contributed by atoms with E-state index in [2.05, 4.69) is 15.9 Å². The maximum atomic E-state index is 12.9. The number of anilines is 2. The second kappa shape index (κ2) is 10.4. The van der Waals surface area contributed by atoms with Gasteiger partial charge in [0.05, 0.1) is 6.54 Å². The van der Waals surface area contributed by atoms with Crippen LogP contribution in [-0.4, -0.2) is 60.9 Å². The smallest absolute Gasteiger partial charge is 0.242 e. The quantitative estimate of drug-likeness (QED) is 0.742. The molecule has 0 unspecified atom stereocenters. The summed E-state index contributed by atoms with van der Waals surface area (Å²) in [5, 5.41) is 0. The Morgan fingerprint density at radius 3 is 2.30 bits per heavy atom. The van der Waals surface area contributed by atoms with Crippen molar-refractivity contribution in [3.8, 4) is 0 Å². The van der Waals surface area contributed by atoms with E-state index in [1.54, 1.807) is 0 Å². The van der Waals surface area contributed by atoms with Crippen molar-refractivity contribution in [2.24, 2.45) is 5.92 Å². The number of fused-ring (bicyclic) bond motifs is 1. The highest BCUT2D eigenvalue weighted by Crippen LogP contribution is 2.31. The van der Waals surface area contributed by atoms with E-state index in [0.29, 0.717) is 25.5 Å². The number of nitrogens with two attached hydrogens (primary N) is 1. The number of piperidine rings is 1. The van der Waals surface area contributed by atoms with Crippen LogP contribution in [0.4, 0.5) is 11.4 Å². The summed E-state index contributed by atoms with van der Waals surface area (Å²) in [5.74, 6) is 0.577. The van der Waals surface area contributed by atoms with Crippen LogP contribution in [0.15, 0.2) is 18.2 Å². The minimum absolute atomic E-state index is 0. The Bertz CT molecular complexity index is 741. The van der Waals surface area contributed by atoms with Gasteiger partial charge in [-0.1, -0.05) is 18.9 Å². The fraction of sp³-hybridized carbons (Fsp3) is 0.652. The van der Waals surface area contributed by atoms with Gasteiger partial charge in [0.2, 0.25) is 11.8 Å². The first-order valence-corrected chi connectivity index (χ1v) is 11.3. The van der Waals surface area contributed by atoms with Crippen molar-refractivity contribution in [2.75, 3.05) is 49.9 Å². The number of nitrogen functional groups attached to an aromatic ring is 1. The summed E-state index contributed by atoms with van der Waals surface area (Å²) in [6.07, 6.45) is 8.34. The number of rotatable bonds is 3. The lowest BCUT2D eigenvalue weighted by atomic mass is 9.95. The first kappa shape index (κ1) is 22.7. The fourth-order valence-corrected chi connectivity index (χ4v) is 5.08. The van der Waals surface area contributed by atoms with Gasteiger partial charge in [-0.2, -0.15) is 0 Å². The second-order valence-electron chi connectivity index (χ2n) is 8.76. The van der Waals surface area contributed by atoms with E-state index in [9.17, 15) is 9.59 Å². The lowest BCUT2D eigenvalue weighted by molar-refractivity contribution is -0.140. The molecule has 0 bridgehead atoms. The number of benzene rings is 1. The summed E-state index contributed by atoms with van der Waals surface area (Å²) in [7, 11) is 0. The zero-order valence-electron chi connectivity index (χ0n) is 17.9. The predicted octanol–water partition coefficient (Wildman–Crippen LogP) is 3.08. The molecule has 2 saturated heterocycles. The van der Waals surface area contributed by atoms with Gasteiger partial charge in [0.1, 0.15) is 0 Å². The average Bonchev–Trinajstić information content (AvgIpc) is 3.04. The van der Waals surface area contributed by atoms with Crippen molar-refractivity contribution in [2.45, 2.75) is 51.4 Å². The summed E-state index contributed by atoms with van der Waals surface area (Å²) in [6.45, 7) is 4.51. The molecule has 3 aliphatic rings. The second-order valence-corrected chi connectivity index (χ2v) is 8.76. The number of nitrogens with zero attached hydrogens (tertiary/aromatic N) is 3. The standard InChI is InChI=1S/C23H34N4O2.ClH/c24-20-8-5-9-21-19(20)7-6-14-27(21)17-22(28)25-15-10-18(11-16-25)23(29)26-12-3-1-2-4-13-26;/h5,8-9,18H,1-4,6-7,10-17,24H2;1H. The highest BCUT2D eigenvalue weighted by molar-refractivity contribution is 5.85. The van der Waals surface area contributed by atoms with Crippen molar-refractivity contribution in [3.05, 3.63) is 23.8 Å². The molecule has 0 aromatic heterocycles. The Hall–Kier alpha value is -1.95. The number of amides is 2. The number of hydrogen-bond acceptors (Lipinski definition) is 4. The number of hydrogen-bond donors (Lipinski definition) is 1. The third-order valence-corrected chi connectivity index (χ3v) is 6.82. The molecule has 0 aliphatic carbocycles. The SMILES string of the molecule is Cl.Nc1cccc2c1CCCN2CC(=O)N1CCC(C(=O)N2CCCCCC2)CC1. The maximum Gasteiger partial charge on any atom is 0.242 e. The predicted molar refractivity (Wildman–Crippen MR) is 123 cm³/mol. The van der Waals surface area contributed by atoms with E-state index in [1.807, 2.05) is 17.0 Å². The average molecular weight is 435 g/mol. The molecular formula is C23H35ClN4O2. The largest absolute Gasteiger partial charge is 0.398 e. The molecule has 1 aromatic rings. The molecule has 2 fully saturated rings. The van der Waals surface area contributed by atoms with Gasteiger partial charge in [0.15, 0.2) is 0 Å². The summed E-state index contributed by atoms with van der Waals surface area (Å²) >= 11 is 0. The van der Waals surface area contributed by atoms with Gasteiger partial charge in [0, 0.05) is 50.0 Å². The van der Waals surface area contributed by atoms with Crippen LogP contribution in [0.1, 0.15) is 50.5 Å². The molecule has 4 rings (SSSR count). The van der Waals surface area contributed by atoms with Crippen molar-refractivity contribution in [3.63, 3.8) is 0 Å². The molecule has 3 aliphatic heterocycles. The Labute approximate surface area is 186 Å². The zero-order chi connectivity index (χ0) is 20.2. The van der Waals surface area contributed by atoms with Gasteiger partial charge >= 0.3 is 0 Å². The van der Waals surface area contributed by atoms with Gasteiger partial charge in [0.25, 0.3) is 0 Å². The molecule has 1 aromatic carbocycles. The molecule has 0 spiro atoms. The minimum Gasteiger partial charge on any atom is -0.398 e. The maximum absolute atomic E-state index is 12.9. The summed E-state index contributed by atoms with van der Waals surface area (Å²) in [5.41, 5.74) is 9.24. The van der Waals surface area contributed by atoms with Crippen LogP contribution >= 0.6 is 12.4 Å². The zero-order valence-corrected chi connectivity index (χ0v) is 18.7. The van der Waals surface area contributed by atoms with E-state index in [1.165, 1.54) is 18.4 Å². The highest BCUT2D eigenvalue weighted by Gasteiger charge is 2.31. The molecule has 3 heterocycles. The van der Waals surface area contributed by atoms with E-state index in [-0.39, 0.29) is 24.2 Å². The number of halogens is 1. The van der Waals surface area contributed by atoms with E-state index >= 15 is 0 Å². The summed E-state index contributed by atoms with van der Waals surface area (Å²) < 4.78 is 0. The minimum atomic E-state index is 0. The third kappa shape index (κ3) is 5.02. The third-order valence-electron chi connectivity index (χ3n) is 6.82. The van der Waals surface area contributed by atoms with Crippen molar-refractivity contribution < 1.29 is 9.59 Å². The monoisotopic (exact) mass is 434 g/mol. The molecule has 166 valence electrons. The molecule has 0 saturated carbocycles. The topological polar surface area (TPSA) is 69.9 Å². The molecule has 0 radical (unpaired) electrons. The van der Waals surface area contributed by atoms with E-state index in [0.717, 1.165) is 69.5 Å². The first-order valence-electron chi connectivity index (χ1n) is 11.3. The Morgan fingerprint density at radius 1 is 0.900 bits per heavy atom. The first-order chi connectivity index (χ1) is 14.1. The Balaban J connectivity index is 0.00000256. The normalized spacial score (nSPS) is 20.2. The number of likely N-dealkylation sites (tertiary alicyclic amines) is 2. The molecule has 30 heavy (non-hydrogen) atoms. The van der Waals surface area contributed by atoms with Crippen LogP contribution in [0.25, 0.3) is 0 Å². The molecule has 2 amide bonds. The molecular weight excluding hydrogens is 400 g/mol. The number of carbonyl (C=O) groups is 2. The molecule has 0 atom stereocenters. The van der Waals surface area contributed by atoms with Crippen molar-refractivity contribution in [1.82, 2.24) is 9.80 Å². The lowest BCUT2D eigenvalue weighted by Gasteiger charge is -2.36. The van der Waals surface area contributed by atoms with Crippen LogP contribution in [0, 0.1) is 5.92 Å². The van der Waals surface area contributed by atoms with Crippen molar-refractivity contribution in [1.29, 1.82) is 0 Å². The fourth-order valence-electron chi connectivity index (χ4n) is 5.08. The summed E-state index contributed by atoms with van der Waals surface area (Å²) in [6, 6.07) is 5.98.